The molecule has 1 aliphatic rings. The zero-order valence-corrected chi connectivity index (χ0v) is 13.6. The molecule has 1 aromatic heterocycles. The van der Waals surface area contributed by atoms with E-state index in [-0.39, 0.29) is 5.91 Å². The number of likely N-dealkylation sites (tertiary alicyclic amines) is 1. The SMILES string of the molecule is N#CC1(c2ccccc2)CCN(C(=O)CCCn2cncn2)CC1. The summed E-state index contributed by atoms with van der Waals surface area (Å²) in [6, 6.07) is 12.4. The average Bonchev–Trinajstić information content (AvgIpc) is 3.16. The lowest BCUT2D eigenvalue weighted by molar-refractivity contribution is -0.132. The molecular formula is C18H21N5O. The van der Waals surface area contributed by atoms with Crippen LogP contribution in [0.25, 0.3) is 0 Å². The van der Waals surface area contributed by atoms with E-state index >= 15 is 0 Å². The van der Waals surface area contributed by atoms with Gasteiger partial charge in [0.1, 0.15) is 12.7 Å². The summed E-state index contributed by atoms with van der Waals surface area (Å²) in [6.07, 6.45) is 5.81. The maximum atomic E-state index is 12.4. The number of carbonyl (C=O) groups is 1. The number of carbonyl (C=O) groups excluding carboxylic acids is 1. The molecule has 124 valence electrons. The maximum Gasteiger partial charge on any atom is 0.222 e. The van der Waals surface area contributed by atoms with Gasteiger partial charge in [0.15, 0.2) is 0 Å². The number of rotatable bonds is 5. The van der Waals surface area contributed by atoms with Gasteiger partial charge in [0, 0.05) is 26.1 Å². The first-order chi connectivity index (χ1) is 11.7. The molecule has 0 radical (unpaired) electrons. The summed E-state index contributed by atoms with van der Waals surface area (Å²) in [5.41, 5.74) is 0.601. The summed E-state index contributed by atoms with van der Waals surface area (Å²) < 4.78 is 1.74. The van der Waals surface area contributed by atoms with Gasteiger partial charge in [0.05, 0.1) is 11.5 Å². The highest BCUT2D eigenvalue weighted by Crippen LogP contribution is 2.35. The largest absolute Gasteiger partial charge is 0.343 e. The first kappa shape index (κ1) is 16.2. The Morgan fingerprint density at radius 2 is 2.00 bits per heavy atom. The molecule has 2 heterocycles. The molecular weight excluding hydrogens is 302 g/mol. The summed E-state index contributed by atoms with van der Waals surface area (Å²) in [7, 11) is 0. The first-order valence-corrected chi connectivity index (χ1v) is 8.30. The van der Waals surface area contributed by atoms with E-state index in [4.69, 9.17) is 0 Å². The summed E-state index contributed by atoms with van der Waals surface area (Å²) in [4.78, 5) is 18.1. The summed E-state index contributed by atoms with van der Waals surface area (Å²) in [5.74, 6) is 0.162. The van der Waals surface area contributed by atoms with Crippen molar-refractivity contribution in [1.82, 2.24) is 19.7 Å². The second-order valence-corrected chi connectivity index (χ2v) is 6.20. The highest BCUT2D eigenvalue weighted by molar-refractivity contribution is 5.76. The number of benzene rings is 1. The Hall–Kier alpha value is -2.68. The lowest BCUT2D eigenvalue weighted by Gasteiger charge is -2.37. The van der Waals surface area contributed by atoms with E-state index in [0.717, 1.165) is 12.0 Å². The van der Waals surface area contributed by atoms with Gasteiger partial charge in [-0.1, -0.05) is 30.3 Å². The fourth-order valence-electron chi connectivity index (χ4n) is 3.26. The Morgan fingerprint density at radius 3 is 2.62 bits per heavy atom. The quantitative estimate of drug-likeness (QED) is 0.845. The van der Waals surface area contributed by atoms with Crippen molar-refractivity contribution in [3.63, 3.8) is 0 Å². The van der Waals surface area contributed by atoms with Gasteiger partial charge < -0.3 is 4.90 Å². The molecule has 0 aliphatic carbocycles. The van der Waals surface area contributed by atoms with Gasteiger partial charge in [-0.05, 0) is 24.8 Å². The Labute approximate surface area is 141 Å². The predicted octanol–water partition coefficient (Wildman–Crippen LogP) is 2.14. The van der Waals surface area contributed by atoms with Crippen LogP contribution in [0.5, 0.6) is 0 Å². The molecule has 0 saturated carbocycles. The topological polar surface area (TPSA) is 74.8 Å². The van der Waals surface area contributed by atoms with Crippen LogP contribution < -0.4 is 0 Å². The van der Waals surface area contributed by atoms with Crippen LogP contribution in [0.3, 0.4) is 0 Å². The van der Waals surface area contributed by atoms with Crippen molar-refractivity contribution < 1.29 is 4.79 Å². The number of nitriles is 1. The smallest absolute Gasteiger partial charge is 0.222 e. The number of aryl methyl sites for hydroxylation is 1. The highest BCUT2D eigenvalue weighted by Gasteiger charge is 2.37. The van der Waals surface area contributed by atoms with Crippen molar-refractivity contribution in [2.24, 2.45) is 0 Å². The number of nitrogens with zero attached hydrogens (tertiary/aromatic N) is 5. The summed E-state index contributed by atoms with van der Waals surface area (Å²) >= 11 is 0. The summed E-state index contributed by atoms with van der Waals surface area (Å²) in [5, 5.41) is 13.7. The van der Waals surface area contributed by atoms with Crippen molar-refractivity contribution in [1.29, 1.82) is 5.26 Å². The Morgan fingerprint density at radius 1 is 1.25 bits per heavy atom. The van der Waals surface area contributed by atoms with E-state index in [1.807, 2.05) is 35.2 Å². The van der Waals surface area contributed by atoms with Gasteiger partial charge in [-0.3, -0.25) is 9.48 Å². The third-order valence-electron chi connectivity index (χ3n) is 4.75. The van der Waals surface area contributed by atoms with Crippen LogP contribution in [-0.4, -0.2) is 38.7 Å². The number of amides is 1. The van der Waals surface area contributed by atoms with Gasteiger partial charge >= 0.3 is 0 Å². The van der Waals surface area contributed by atoms with Gasteiger partial charge in [-0.2, -0.15) is 10.4 Å². The van der Waals surface area contributed by atoms with Crippen LogP contribution in [0.4, 0.5) is 0 Å². The molecule has 0 unspecified atom stereocenters. The van der Waals surface area contributed by atoms with Crippen LogP contribution in [0.2, 0.25) is 0 Å². The predicted molar refractivity (Wildman–Crippen MR) is 88.8 cm³/mol. The van der Waals surface area contributed by atoms with Crippen molar-refractivity contribution in [3.05, 3.63) is 48.5 Å². The van der Waals surface area contributed by atoms with Gasteiger partial charge in [0.2, 0.25) is 5.91 Å². The van der Waals surface area contributed by atoms with Crippen LogP contribution in [0.15, 0.2) is 43.0 Å². The molecule has 0 spiro atoms. The molecule has 0 atom stereocenters. The van der Waals surface area contributed by atoms with Crippen LogP contribution in [0, 0.1) is 11.3 Å². The minimum absolute atomic E-state index is 0.162. The maximum absolute atomic E-state index is 12.4. The van der Waals surface area contributed by atoms with Crippen molar-refractivity contribution in [3.8, 4) is 6.07 Å². The molecule has 1 amide bonds. The zero-order valence-electron chi connectivity index (χ0n) is 13.6. The Balaban J connectivity index is 1.52. The van der Waals surface area contributed by atoms with Gasteiger partial charge in [-0.25, -0.2) is 4.98 Å². The molecule has 0 N–H and O–H groups in total. The lowest BCUT2D eigenvalue weighted by Crippen LogP contribution is -2.44. The molecule has 1 saturated heterocycles. The fraction of sp³-hybridized carbons (Fsp3) is 0.444. The minimum Gasteiger partial charge on any atom is -0.343 e. The number of piperidine rings is 1. The Bertz CT molecular complexity index is 697. The zero-order chi connectivity index (χ0) is 16.8. The van der Waals surface area contributed by atoms with Crippen molar-refractivity contribution in [2.75, 3.05) is 13.1 Å². The molecule has 6 heteroatoms. The molecule has 1 aromatic carbocycles. The van der Waals surface area contributed by atoms with E-state index < -0.39 is 5.41 Å². The van der Waals surface area contributed by atoms with Crippen molar-refractivity contribution >= 4 is 5.91 Å². The molecule has 0 bridgehead atoms. The molecule has 24 heavy (non-hydrogen) atoms. The van der Waals surface area contributed by atoms with Crippen LogP contribution >= 0.6 is 0 Å². The Kier molecular flexibility index (Phi) is 4.90. The standard InChI is InChI=1S/C18H21N5O/c19-13-18(16-5-2-1-3-6-16)8-11-22(12-9-18)17(24)7-4-10-23-15-20-14-21-23/h1-3,5-6,14-15H,4,7-12H2. The number of hydrogen-bond donors (Lipinski definition) is 0. The van der Waals surface area contributed by atoms with E-state index in [1.54, 1.807) is 11.0 Å². The van der Waals surface area contributed by atoms with E-state index in [9.17, 15) is 10.1 Å². The monoisotopic (exact) mass is 323 g/mol. The number of hydrogen-bond acceptors (Lipinski definition) is 4. The van der Waals surface area contributed by atoms with E-state index in [1.165, 1.54) is 6.33 Å². The molecule has 3 rings (SSSR count). The first-order valence-electron chi connectivity index (χ1n) is 8.30. The molecule has 1 aliphatic heterocycles. The third-order valence-corrected chi connectivity index (χ3v) is 4.75. The van der Waals surface area contributed by atoms with Crippen LogP contribution in [0.1, 0.15) is 31.2 Å². The second kappa shape index (κ2) is 7.26. The highest BCUT2D eigenvalue weighted by atomic mass is 16.2. The molecule has 6 nitrogen and oxygen atoms in total. The van der Waals surface area contributed by atoms with Gasteiger partial charge in [0.25, 0.3) is 0 Å². The second-order valence-electron chi connectivity index (χ2n) is 6.20. The minimum atomic E-state index is -0.460. The van der Waals surface area contributed by atoms with Crippen LogP contribution in [-0.2, 0) is 16.8 Å². The molecule has 2 aromatic rings. The lowest BCUT2D eigenvalue weighted by atomic mass is 9.74. The van der Waals surface area contributed by atoms with E-state index in [2.05, 4.69) is 16.2 Å². The van der Waals surface area contributed by atoms with Crippen molar-refractivity contribution in [2.45, 2.75) is 37.6 Å². The fourth-order valence-corrected chi connectivity index (χ4v) is 3.26. The normalized spacial score (nSPS) is 16.5. The third kappa shape index (κ3) is 3.46. The number of aromatic nitrogens is 3. The van der Waals surface area contributed by atoms with E-state index in [0.29, 0.717) is 38.9 Å². The molecule has 1 fully saturated rings. The summed E-state index contributed by atoms with van der Waals surface area (Å²) in [6.45, 7) is 1.99. The average molecular weight is 323 g/mol. The van der Waals surface area contributed by atoms with Gasteiger partial charge in [-0.15, -0.1) is 0 Å².